The van der Waals surface area contributed by atoms with Gasteiger partial charge in [0.25, 0.3) is 0 Å². The molecule has 128 valence electrons. The topological polar surface area (TPSA) is 46.3 Å². The van der Waals surface area contributed by atoms with Crippen molar-refractivity contribution in [3.63, 3.8) is 0 Å². The number of hydrogen-bond acceptors (Lipinski definition) is 3. The van der Waals surface area contributed by atoms with Crippen molar-refractivity contribution in [2.75, 3.05) is 0 Å². The van der Waals surface area contributed by atoms with Gasteiger partial charge in [-0.1, -0.05) is 78.4 Å². The number of aliphatic hydroxyl groups is 1. The summed E-state index contributed by atoms with van der Waals surface area (Å²) in [4.78, 5) is 4.64. The van der Waals surface area contributed by atoms with Gasteiger partial charge in [0.05, 0.1) is 0 Å². The fourth-order valence-electron chi connectivity index (χ4n) is 2.93. The normalized spacial score (nSPS) is 12.1. The lowest BCUT2D eigenvalue weighted by Crippen LogP contribution is -2.01. The second-order valence-corrected chi connectivity index (χ2v) is 6.28. The summed E-state index contributed by atoms with van der Waals surface area (Å²) in [5, 5.41) is 10.9. The monoisotopic (exact) mass is 341 g/mol. The number of benzene rings is 3. The number of aromatic nitrogens is 1. The number of rotatable bonds is 4. The molecule has 0 aliphatic rings. The smallest absolute Gasteiger partial charge is 0.227 e. The van der Waals surface area contributed by atoms with Gasteiger partial charge in [-0.3, -0.25) is 0 Å². The quantitative estimate of drug-likeness (QED) is 0.541. The fraction of sp³-hybridized carbons (Fsp3) is 0.0870. The molecule has 0 saturated carbocycles. The second kappa shape index (κ2) is 6.98. The Balaban J connectivity index is 1.85. The van der Waals surface area contributed by atoms with Crippen LogP contribution in [0, 0.1) is 6.92 Å². The zero-order chi connectivity index (χ0) is 17.9. The van der Waals surface area contributed by atoms with Gasteiger partial charge in [0.15, 0.2) is 5.76 Å². The molecule has 0 spiro atoms. The highest BCUT2D eigenvalue weighted by Gasteiger charge is 2.23. The van der Waals surface area contributed by atoms with Crippen LogP contribution in [0.5, 0.6) is 0 Å². The molecule has 3 aromatic carbocycles. The minimum absolute atomic E-state index is 0.506. The van der Waals surface area contributed by atoms with Crippen molar-refractivity contribution in [2.24, 2.45) is 0 Å². The van der Waals surface area contributed by atoms with E-state index in [9.17, 15) is 5.11 Å². The van der Waals surface area contributed by atoms with Gasteiger partial charge < -0.3 is 9.52 Å². The predicted molar refractivity (Wildman–Crippen MR) is 103 cm³/mol. The van der Waals surface area contributed by atoms with Crippen molar-refractivity contribution in [2.45, 2.75) is 13.0 Å². The van der Waals surface area contributed by atoms with Gasteiger partial charge in [-0.25, -0.2) is 4.98 Å². The molecule has 0 fully saturated rings. The van der Waals surface area contributed by atoms with Crippen molar-refractivity contribution in [3.8, 4) is 22.8 Å². The molecule has 1 atom stereocenters. The van der Waals surface area contributed by atoms with E-state index in [0.717, 1.165) is 16.7 Å². The third kappa shape index (κ3) is 3.17. The van der Waals surface area contributed by atoms with Crippen LogP contribution in [0.1, 0.15) is 22.9 Å². The van der Waals surface area contributed by atoms with E-state index in [1.165, 1.54) is 5.56 Å². The van der Waals surface area contributed by atoms with E-state index in [-0.39, 0.29) is 0 Å². The molecule has 0 aliphatic carbocycles. The van der Waals surface area contributed by atoms with Gasteiger partial charge in [0.1, 0.15) is 11.8 Å². The fourth-order valence-corrected chi connectivity index (χ4v) is 2.93. The molecule has 0 radical (unpaired) electrons. The molecule has 1 aromatic heterocycles. The zero-order valence-corrected chi connectivity index (χ0v) is 14.5. The summed E-state index contributed by atoms with van der Waals surface area (Å²) in [6.45, 7) is 2.04. The Labute approximate surface area is 152 Å². The first-order valence-corrected chi connectivity index (χ1v) is 8.58. The highest BCUT2D eigenvalue weighted by molar-refractivity contribution is 5.65. The van der Waals surface area contributed by atoms with Crippen molar-refractivity contribution in [1.82, 2.24) is 4.98 Å². The van der Waals surface area contributed by atoms with Gasteiger partial charge in [0.2, 0.25) is 5.89 Å². The van der Waals surface area contributed by atoms with E-state index in [1.54, 1.807) is 0 Å². The molecule has 0 saturated heterocycles. The van der Waals surface area contributed by atoms with E-state index >= 15 is 0 Å². The summed E-state index contributed by atoms with van der Waals surface area (Å²) < 4.78 is 6.10. The van der Waals surface area contributed by atoms with Gasteiger partial charge in [0, 0.05) is 11.1 Å². The summed E-state index contributed by atoms with van der Waals surface area (Å²) >= 11 is 0. The maximum Gasteiger partial charge on any atom is 0.227 e. The molecule has 4 aromatic rings. The average molecular weight is 341 g/mol. The summed E-state index contributed by atoms with van der Waals surface area (Å²) in [7, 11) is 0. The third-order valence-corrected chi connectivity index (χ3v) is 4.36. The SMILES string of the molecule is Cc1ccc(-c2oc(-c3ccccc3)nc2C(O)c2ccccc2)cc1. The number of hydrogen-bond donors (Lipinski definition) is 1. The molecule has 0 amide bonds. The van der Waals surface area contributed by atoms with E-state index in [1.807, 2.05) is 91.9 Å². The van der Waals surface area contributed by atoms with Crippen molar-refractivity contribution in [3.05, 3.63) is 102 Å². The van der Waals surface area contributed by atoms with Gasteiger partial charge >= 0.3 is 0 Å². The average Bonchev–Trinajstić information content (AvgIpc) is 3.15. The Morgan fingerprint density at radius 2 is 1.38 bits per heavy atom. The second-order valence-electron chi connectivity index (χ2n) is 6.28. The van der Waals surface area contributed by atoms with Crippen LogP contribution < -0.4 is 0 Å². The van der Waals surface area contributed by atoms with E-state index in [2.05, 4.69) is 4.98 Å². The maximum atomic E-state index is 10.9. The standard InChI is InChI=1S/C23H19NO2/c1-16-12-14-18(15-13-16)22-20(21(25)17-8-4-2-5-9-17)24-23(26-22)19-10-6-3-7-11-19/h2-15,21,25H,1H3. The first-order valence-electron chi connectivity index (χ1n) is 8.58. The van der Waals surface area contributed by atoms with Crippen LogP contribution in [0.2, 0.25) is 0 Å². The number of aliphatic hydroxyl groups excluding tert-OH is 1. The van der Waals surface area contributed by atoms with Crippen molar-refractivity contribution in [1.29, 1.82) is 0 Å². The van der Waals surface area contributed by atoms with Crippen molar-refractivity contribution < 1.29 is 9.52 Å². The molecule has 0 bridgehead atoms. The molecule has 26 heavy (non-hydrogen) atoms. The van der Waals surface area contributed by atoms with Gasteiger partial charge in [-0.15, -0.1) is 0 Å². The molecular formula is C23H19NO2. The predicted octanol–water partition coefficient (Wildman–Crippen LogP) is 5.40. The van der Waals surface area contributed by atoms with E-state index < -0.39 is 6.10 Å². The molecule has 3 nitrogen and oxygen atoms in total. The summed E-state index contributed by atoms with van der Waals surface area (Å²) in [5.74, 6) is 1.10. The minimum atomic E-state index is -0.853. The molecule has 4 rings (SSSR count). The highest BCUT2D eigenvalue weighted by atomic mass is 16.4. The molecule has 1 heterocycles. The first-order chi connectivity index (χ1) is 12.7. The summed E-state index contributed by atoms with van der Waals surface area (Å²) in [5.41, 5.74) is 4.26. The number of nitrogens with zero attached hydrogens (tertiary/aromatic N) is 1. The van der Waals surface area contributed by atoms with Crippen LogP contribution in [-0.4, -0.2) is 10.1 Å². The van der Waals surface area contributed by atoms with E-state index in [4.69, 9.17) is 4.42 Å². The van der Waals surface area contributed by atoms with Gasteiger partial charge in [-0.2, -0.15) is 0 Å². The lowest BCUT2D eigenvalue weighted by Gasteiger charge is -2.09. The zero-order valence-electron chi connectivity index (χ0n) is 14.5. The Morgan fingerprint density at radius 3 is 2.04 bits per heavy atom. The van der Waals surface area contributed by atoms with Crippen LogP contribution >= 0.6 is 0 Å². The Kier molecular flexibility index (Phi) is 4.38. The highest BCUT2D eigenvalue weighted by Crippen LogP contribution is 2.35. The van der Waals surface area contributed by atoms with E-state index in [0.29, 0.717) is 17.3 Å². The Morgan fingerprint density at radius 1 is 0.769 bits per heavy atom. The minimum Gasteiger partial charge on any atom is -0.436 e. The van der Waals surface area contributed by atoms with Crippen LogP contribution in [0.4, 0.5) is 0 Å². The van der Waals surface area contributed by atoms with Crippen LogP contribution in [0.3, 0.4) is 0 Å². The molecule has 3 heteroatoms. The molecule has 0 aliphatic heterocycles. The van der Waals surface area contributed by atoms with Crippen LogP contribution in [0.15, 0.2) is 89.3 Å². The lowest BCUT2D eigenvalue weighted by molar-refractivity contribution is 0.216. The lowest BCUT2D eigenvalue weighted by atomic mass is 10.0. The van der Waals surface area contributed by atoms with Gasteiger partial charge in [-0.05, 0) is 24.6 Å². The van der Waals surface area contributed by atoms with Crippen LogP contribution in [-0.2, 0) is 0 Å². The third-order valence-electron chi connectivity index (χ3n) is 4.36. The van der Waals surface area contributed by atoms with Crippen LogP contribution in [0.25, 0.3) is 22.8 Å². The summed E-state index contributed by atoms with van der Waals surface area (Å²) in [6, 6.07) is 27.3. The number of oxazole rings is 1. The molecular weight excluding hydrogens is 322 g/mol. The maximum absolute atomic E-state index is 10.9. The molecule has 1 unspecified atom stereocenters. The first kappa shape index (κ1) is 16.3. The molecule has 1 N–H and O–H groups in total. The van der Waals surface area contributed by atoms with Crippen molar-refractivity contribution >= 4 is 0 Å². The summed E-state index contributed by atoms with van der Waals surface area (Å²) in [6.07, 6.45) is -0.853. The largest absolute Gasteiger partial charge is 0.436 e. The Bertz CT molecular complexity index is 990. The number of aryl methyl sites for hydroxylation is 1. The Hall–Kier alpha value is -3.17.